The van der Waals surface area contributed by atoms with Gasteiger partial charge in [-0.05, 0) is 39.9 Å². The normalized spacial score (nSPS) is 29.6. The quantitative estimate of drug-likeness (QED) is 0.744. The maximum Gasteiger partial charge on any atom is 0.240 e. The second kappa shape index (κ2) is 5.17. The first-order valence-electron chi connectivity index (χ1n) is 7.07. The molecule has 0 N–H and O–H groups in total. The summed E-state index contributed by atoms with van der Waals surface area (Å²) in [6.07, 6.45) is 2.16. The van der Waals surface area contributed by atoms with E-state index >= 15 is 0 Å². The molecule has 2 bridgehead atoms. The van der Waals surface area contributed by atoms with E-state index in [0.29, 0.717) is 23.9 Å². The third-order valence-corrected chi connectivity index (χ3v) is 4.23. The van der Waals surface area contributed by atoms with Gasteiger partial charge in [-0.15, -0.1) is 0 Å². The number of hydrogen-bond acceptors (Lipinski definition) is 3. The number of nitrogens with zero attached hydrogens (tertiary/aromatic N) is 3. The Balaban J connectivity index is 2.01. The van der Waals surface area contributed by atoms with Crippen molar-refractivity contribution in [3.8, 4) is 0 Å². The minimum atomic E-state index is 0.0544. The summed E-state index contributed by atoms with van der Waals surface area (Å²) in [6.45, 7) is 6.47. The van der Waals surface area contributed by atoms with Crippen molar-refractivity contribution in [2.24, 2.45) is 5.92 Å². The fourth-order valence-corrected chi connectivity index (χ4v) is 3.33. The van der Waals surface area contributed by atoms with Crippen molar-refractivity contribution in [3.05, 3.63) is 0 Å². The van der Waals surface area contributed by atoms with E-state index < -0.39 is 0 Å². The number of piperazine rings is 1. The van der Waals surface area contributed by atoms with Crippen LogP contribution in [0.3, 0.4) is 0 Å². The molecule has 0 radical (unpaired) electrons. The zero-order chi connectivity index (χ0) is 13.4. The maximum absolute atomic E-state index is 12.7. The Morgan fingerprint density at radius 1 is 1.28 bits per heavy atom. The second-order valence-electron chi connectivity index (χ2n) is 6.62. The van der Waals surface area contributed by atoms with Gasteiger partial charge in [-0.2, -0.15) is 0 Å². The Morgan fingerprint density at radius 3 is 2.28 bits per heavy atom. The first kappa shape index (κ1) is 13.8. The van der Waals surface area contributed by atoms with E-state index in [2.05, 4.69) is 35.6 Å². The van der Waals surface area contributed by atoms with Crippen molar-refractivity contribution in [2.45, 2.75) is 44.8 Å². The Morgan fingerprint density at radius 2 is 1.83 bits per heavy atom. The van der Waals surface area contributed by atoms with Crippen LogP contribution in [0.15, 0.2) is 0 Å². The highest BCUT2D eigenvalue weighted by atomic mass is 16.2. The van der Waals surface area contributed by atoms with Gasteiger partial charge in [-0.3, -0.25) is 9.69 Å². The number of piperidine rings is 1. The minimum absolute atomic E-state index is 0.0544. The molecule has 4 nitrogen and oxygen atoms in total. The van der Waals surface area contributed by atoms with Gasteiger partial charge in [0.2, 0.25) is 5.91 Å². The van der Waals surface area contributed by atoms with Crippen LogP contribution in [-0.4, -0.2) is 73.0 Å². The molecule has 1 amide bonds. The van der Waals surface area contributed by atoms with Gasteiger partial charge in [-0.1, -0.05) is 13.8 Å². The highest BCUT2D eigenvalue weighted by molar-refractivity contribution is 5.83. The molecule has 3 aliphatic rings. The molecule has 104 valence electrons. The molecule has 4 heteroatoms. The molecule has 3 saturated heterocycles. The molecular weight excluding hydrogens is 226 g/mol. The lowest BCUT2D eigenvalue weighted by molar-refractivity contribution is -0.158. The average molecular weight is 253 g/mol. The van der Waals surface area contributed by atoms with Gasteiger partial charge in [-0.25, -0.2) is 0 Å². The van der Waals surface area contributed by atoms with Gasteiger partial charge in [0.15, 0.2) is 0 Å². The predicted octanol–water partition coefficient (Wildman–Crippen LogP) is 0.878. The molecule has 0 aromatic rings. The van der Waals surface area contributed by atoms with Crippen LogP contribution in [0.5, 0.6) is 0 Å². The fraction of sp³-hybridized carbons (Fsp3) is 0.929. The number of fused-ring (bicyclic) bond motifs is 2. The molecule has 18 heavy (non-hydrogen) atoms. The molecule has 3 fully saturated rings. The third-order valence-electron chi connectivity index (χ3n) is 4.23. The van der Waals surface area contributed by atoms with Crippen LogP contribution in [0.1, 0.15) is 26.7 Å². The van der Waals surface area contributed by atoms with Gasteiger partial charge in [0.05, 0.1) is 6.04 Å². The molecule has 3 unspecified atom stereocenters. The van der Waals surface area contributed by atoms with Crippen molar-refractivity contribution in [3.63, 3.8) is 0 Å². The lowest BCUT2D eigenvalue weighted by atomic mass is 9.86. The van der Waals surface area contributed by atoms with Crippen molar-refractivity contribution < 1.29 is 4.79 Å². The van der Waals surface area contributed by atoms with Gasteiger partial charge in [0.1, 0.15) is 0 Å². The molecule has 0 aromatic heterocycles. The first-order valence-corrected chi connectivity index (χ1v) is 7.07. The molecule has 3 rings (SSSR count). The number of carbonyl (C=O) groups excluding carboxylic acids is 1. The Kier molecular flexibility index (Phi) is 3.97. The van der Waals surface area contributed by atoms with Crippen LogP contribution in [0.2, 0.25) is 0 Å². The van der Waals surface area contributed by atoms with E-state index in [1.165, 1.54) is 6.42 Å². The Labute approximate surface area is 111 Å². The van der Waals surface area contributed by atoms with E-state index in [1.54, 1.807) is 0 Å². The van der Waals surface area contributed by atoms with E-state index in [9.17, 15) is 4.79 Å². The summed E-state index contributed by atoms with van der Waals surface area (Å²) in [7, 11) is 6.19. The smallest absolute Gasteiger partial charge is 0.240 e. The lowest BCUT2D eigenvalue weighted by Crippen LogP contribution is -2.71. The van der Waals surface area contributed by atoms with Crippen LogP contribution in [0, 0.1) is 5.92 Å². The Bertz CT molecular complexity index is 304. The lowest BCUT2D eigenvalue weighted by Gasteiger charge is -2.56. The SMILES string of the molecule is CC(C)CC(C(=O)N1C2CC1CN(C)C2)N(C)C. The average Bonchev–Trinajstić information content (AvgIpc) is 2.24. The first-order chi connectivity index (χ1) is 8.40. The third kappa shape index (κ3) is 2.54. The largest absolute Gasteiger partial charge is 0.333 e. The summed E-state index contributed by atoms with van der Waals surface area (Å²) in [5, 5.41) is 0. The Hall–Kier alpha value is -0.610. The standard InChI is InChI=1S/C14H27N3O/c1-10(2)6-13(15(3)4)14(18)17-11-7-12(17)9-16(5)8-11/h10-13H,6-9H2,1-5H3. The molecular formula is C14H27N3O. The zero-order valence-corrected chi connectivity index (χ0v) is 12.4. The topological polar surface area (TPSA) is 26.8 Å². The number of carbonyl (C=O) groups is 1. The number of amides is 1. The van der Waals surface area contributed by atoms with Crippen LogP contribution < -0.4 is 0 Å². The summed E-state index contributed by atoms with van der Waals surface area (Å²) in [5.74, 6) is 0.910. The van der Waals surface area contributed by atoms with Crippen molar-refractivity contribution in [2.75, 3.05) is 34.2 Å². The summed E-state index contributed by atoms with van der Waals surface area (Å²) >= 11 is 0. The van der Waals surface area contributed by atoms with Crippen LogP contribution in [-0.2, 0) is 4.79 Å². The van der Waals surface area contributed by atoms with Gasteiger partial charge in [0.25, 0.3) is 0 Å². The molecule has 3 aliphatic heterocycles. The zero-order valence-electron chi connectivity index (χ0n) is 12.4. The van der Waals surface area contributed by atoms with Crippen LogP contribution in [0.25, 0.3) is 0 Å². The van der Waals surface area contributed by atoms with E-state index in [0.717, 1.165) is 19.5 Å². The van der Waals surface area contributed by atoms with Gasteiger partial charge < -0.3 is 9.80 Å². The van der Waals surface area contributed by atoms with Crippen molar-refractivity contribution in [1.29, 1.82) is 0 Å². The molecule has 0 spiro atoms. The number of rotatable bonds is 4. The summed E-state index contributed by atoms with van der Waals surface area (Å²) in [4.78, 5) is 19.3. The van der Waals surface area contributed by atoms with E-state index in [1.807, 2.05) is 14.1 Å². The monoisotopic (exact) mass is 253 g/mol. The minimum Gasteiger partial charge on any atom is -0.333 e. The number of likely N-dealkylation sites (N-methyl/N-ethyl adjacent to an activating group) is 2. The highest BCUT2D eigenvalue weighted by Gasteiger charge is 2.47. The predicted molar refractivity (Wildman–Crippen MR) is 73.5 cm³/mol. The summed E-state index contributed by atoms with van der Waals surface area (Å²) in [6, 6.07) is 0.991. The molecule has 0 saturated carbocycles. The van der Waals surface area contributed by atoms with Gasteiger partial charge in [0, 0.05) is 25.2 Å². The molecule has 0 aliphatic carbocycles. The maximum atomic E-state index is 12.7. The fourth-order valence-electron chi connectivity index (χ4n) is 3.33. The number of hydrogen-bond donors (Lipinski definition) is 0. The molecule has 0 aromatic carbocycles. The van der Waals surface area contributed by atoms with Crippen molar-refractivity contribution in [1.82, 2.24) is 14.7 Å². The van der Waals surface area contributed by atoms with Gasteiger partial charge >= 0.3 is 0 Å². The summed E-state index contributed by atoms with van der Waals surface area (Å²) in [5.41, 5.74) is 0. The molecule has 3 heterocycles. The summed E-state index contributed by atoms with van der Waals surface area (Å²) < 4.78 is 0. The van der Waals surface area contributed by atoms with Crippen LogP contribution in [0.4, 0.5) is 0 Å². The van der Waals surface area contributed by atoms with Crippen LogP contribution >= 0.6 is 0 Å². The highest BCUT2D eigenvalue weighted by Crippen LogP contribution is 2.33. The second-order valence-corrected chi connectivity index (χ2v) is 6.62. The van der Waals surface area contributed by atoms with Crippen molar-refractivity contribution >= 4 is 5.91 Å². The van der Waals surface area contributed by atoms with E-state index in [4.69, 9.17) is 0 Å². The molecule has 3 atom stereocenters. The van der Waals surface area contributed by atoms with E-state index in [-0.39, 0.29) is 6.04 Å².